The SMILES string of the molecule is CCN(CC(=O)N1CCOC(C)C1)CC1CCCN1. The molecule has 110 valence electrons. The number of carbonyl (C=O) groups excluding carboxylic acids is 1. The van der Waals surface area contributed by atoms with E-state index in [4.69, 9.17) is 4.74 Å². The average molecular weight is 269 g/mol. The molecule has 0 aromatic heterocycles. The van der Waals surface area contributed by atoms with E-state index in [-0.39, 0.29) is 12.0 Å². The van der Waals surface area contributed by atoms with Crippen molar-refractivity contribution in [3.8, 4) is 0 Å². The first-order chi connectivity index (χ1) is 9.19. The van der Waals surface area contributed by atoms with Gasteiger partial charge < -0.3 is 15.0 Å². The van der Waals surface area contributed by atoms with Gasteiger partial charge in [-0.3, -0.25) is 9.69 Å². The molecule has 0 aromatic rings. The van der Waals surface area contributed by atoms with E-state index in [1.54, 1.807) is 0 Å². The third-order valence-electron chi connectivity index (χ3n) is 4.04. The molecule has 2 rings (SSSR count). The van der Waals surface area contributed by atoms with Crippen LogP contribution in [0.4, 0.5) is 0 Å². The minimum Gasteiger partial charge on any atom is -0.375 e. The molecule has 5 nitrogen and oxygen atoms in total. The second kappa shape index (κ2) is 7.22. The third-order valence-corrected chi connectivity index (χ3v) is 4.04. The molecule has 0 aliphatic carbocycles. The van der Waals surface area contributed by atoms with Gasteiger partial charge in [-0.2, -0.15) is 0 Å². The van der Waals surface area contributed by atoms with Crippen molar-refractivity contribution >= 4 is 5.91 Å². The molecule has 1 amide bonds. The van der Waals surface area contributed by atoms with E-state index >= 15 is 0 Å². The van der Waals surface area contributed by atoms with Crippen molar-refractivity contribution < 1.29 is 9.53 Å². The van der Waals surface area contributed by atoms with Crippen LogP contribution in [0.15, 0.2) is 0 Å². The van der Waals surface area contributed by atoms with E-state index in [9.17, 15) is 4.79 Å². The van der Waals surface area contributed by atoms with Gasteiger partial charge in [0.2, 0.25) is 5.91 Å². The zero-order valence-corrected chi connectivity index (χ0v) is 12.2. The average Bonchev–Trinajstić information content (AvgIpc) is 2.90. The van der Waals surface area contributed by atoms with Gasteiger partial charge in [-0.25, -0.2) is 0 Å². The summed E-state index contributed by atoms with van der Waals surface area (Å²) in [6, 6.07) is 0.566. The summed E-state index contributed by atoms with van der Waals surface area (Å²) in [5.74, 6) is 0.245. The summed E-state index contributed by atoms with van der Waals surface area (Å²) in [5.41, 5.74) is 0. The lowest BCUT2D eigenvalue weighted by molar-refractivity contribution is -0.139. The second-order valence-corrected chi connectivity index (χ2v) is 5.64. The molecule has 2 saturated heterocycles. The van der Waals surface area contributed by atoms with Gasteiger partial charge in [0, 0.05) is 25.7 Å². The number of likely N-dealkylation sites (N-methyl/N-ethyl adjacent to an activating group) is 1. The van der Waals surface area contributed by atoms with Gasteiger partial charge in [0.15, 0.2) is 0 Å². The zero-order chi connectivity index (χ0) is 13.7. The fourth-order valence-electron chi connectivity index (χ4n) is 2.87. The number of hydrogen-bond acceptors (Lipinski definition) is 4. The monoisotopic (exact) mass is 269 g/mol. The van der Waals surface area contributed by atoms with Crippen LogP contribution in [0.2, 0.25) is 0 Å². The first-order valence-corrected chi connectivity index (χ1v) is 7.54. The molecular formula is C14H27N3O2. The molecule has 2 fully saturated rings. The molecular weight excluding hydrogens is 242 g/mol. The molecule has 0 spiro atoms. The Labute approximate surface area is 116 Å². The van der Waals surface area contributed by atoms with Crippen molar-refractivity contribution in [2.45, 2.75) is 38.8 Å². The van der Waals surface area contributed by atoms with E-state index in [0.717, 1.165) is 32.7 Å². The molecule has 0 radical (unpaired) electrons. The number of carbonyl (C=O) groups is 1. The second-order valence-electron chi connectivity index (χ2n) is 5.64. The summed E-state index contributed by atoms with van der Waals surface area (Å²) in [4.78, 5) is 16.5. The molecule has 0 saturated carbocycles. The summed E-state index contributed by atoms with van der Waals surface area (Å²) >= 11 is 0. The van der Waals surface area contributed by atoms with Crippen LogP contribution in [0.25, 0.3) is 0 Å². The lowest BCUT2D eigenvalue weighted by atomic mass is 10.2. The highest BCUT2D eigenvalue weighted by Crippen LogP contribution is 2.09. The highest BCUT2D eigenvalue weighted by Gasteiger charge is 2.24. The molecule has 2 heterocycles. The number of nitrogens with zero attached hydrogens (tertiary/aromatic N) is 2. The number of hydrogen-bond donors (Lipinski definition) is 1. The lowest BCUT2D eigenvalue weighted by Crippen LogP contribution is -2.49. The van der Waals surface area contributed by atoms with Crippen LogP contribution in [0.1, 0.15) is 26.7 Å². The Morgan fingerprint density at radius 2 is 2.37 bits per heavy atom. The number of nitrogens with one attached hydrogen (secondary N) is 1. The maximum atomic E-state index is 12.3. The summed E-state index contributed by atoms with van der Waals surface area (Å²) in [7, 11) is 0. The van der Waals surface area contributed by atoms with Crippen molar-refractivity contribution in [1.82, 2.24) is 15.1 Å². The van der Waals surface area contributed by atoms with Crippen molar-refractivity contribution in [2.75, 3.05) is 45.9 Å². The van der Waals surface area contributed by atoms with Crippen molar-refractivity contribution in [3.63, 3.8) is 0 Å². The fourth-order valence-corrected chi connectivity index (χ4v) is 2.87. The number of morpholine rings is 1. The molecule has 1 N–H and O–H groups in total. The minimum absolute atomic E-state index is 0.171. The van der Waals surface area contributed by atoms with Crippen LogP contribution >= 0.6 is 0 Å². The molecule has 0 bridgehead atoms. The van der Waals surface area contributed by atoms with Crippen molar-refractivity contribution in [3.05, 3.63) is 0 Å². The maximum absolute atomic E-state index is 12.3. The molecule has 19 heavy (non-hydrogen) atoms. The molecule has 2 aliphatic heterocycles. The Morgan fingerprint density at radius 1 is 1.53 bits per heavy atom. The van der Waals surface area contributed by atoms with E-state index in [1.165, 1.54) is 12.8 Å². The minimum atomic E-state index is 0.171. The Kier molecular flexibility index (Phi) is 5.60. The summed E-state index contributed by atoms with van der Waals surface area (Å²) in [6.07, 6.45) is 2.67. The molecule has 2 atom stereocenters. The van der Waals surface area contributed by atoms with Gasteiger partial charge in [-0.15, -0.1) is 0 Å². The first-order valence-electron chi connectivity index (χ1n) is 7.54. The van der Waals surface area contributed by atoms with E-state index < -0.39 is 0 Å². The van der Waals surface area contributed by atoms with Crippen molar-refractivity contribution in [1.29, 1.82) is 0 Å². The van der Waals surface area contributed by atoms with Gasteiger partial charge in [0.1, 0.15) is 0 Å². The molecule has 2 unspecified atom stereocenters. The van der Waals surface area contributed by atoms with Crippen LogP contribution in [0.5, 0.6) is 0 Å². The van der Waals surface area contributed by atoms with Crippen LogP contribution in [0.3, 0.4) is 0 Å². The summed E-state index contributed by atoms with van der Waals surface area (Å²) < 4.78 is 5.48. The molecule has 0 aromatic carbocycles. The largest absolute Gasteiger partial charge is 0.375 e. The Bertz CT molecular complexity index is 292. The highest BCUT2D eigenvalue weighted by molar-refractivity contribution is 5.78. The topological polar surface area (TPSA) is 44.8 Å². The van der Waals surface area contributed by atoms with Gasteiger partial charge >= 0.3 is 0 Å². The predicted octanol–water partition coefficient (Wildman–Crippen LogP) is 0.308. The summed E-state index contributed by atoms with van der Waals surface area (Å²) in [6.45, 7) is 9.89. The van der Waals surface area contributed by atoms with Crippen LogP contribution in [0, 0.1) is 0 Å². The Balaban J connectivity index is 1.77. The quantitative estimate of drug-likeness (QED) is 0.780. The highest BCUT2D eigenvalue weighted by atomic mass is 16.5. The standard InChI is InChI=1S/C14H27N3O2/c1-3-16(10-13-5-4-6-15-13)11-14(18)17-7-8-19-12(2)9-17/h12-13,15H,3-11H2,1-2H3. The Hall–Kier alpha value is -0.650. The van der Waals surface area contributed by atoms with E-state index in [1.807, 2.05) is 11.8 Å². The lowest BCUT2D eigenvalue weighted by Gasteiger charge is -2.33. The van der Waals surface area contributed by atoms with E-state index in [2.05, 4.69) is 17.1 Å². The predicted molar refractivity (Wildman–Crippen MR) is 75.1 cm³/mol. The maximum Gasteiger partial charge on any atom is 0.236 e. The van der Waals surface area contributed by atoms with Crippen LogP contribution in [-0.2, 0) is 9.53 Å². The molecule has 5 heteroatoms. The summed E-state index contributed by atoms with van der Waals surface area (Å²) in [5, 5.41) is 3.49. The Morgan fingerprint density at radius 3 is 3.00 bits per heavy atom. The third kappa shape index (κ3) is 4.44. The van der Waals surface area contributed by atoms with Crippen LogP contribution < -0.4 is 5.32 Å². The number of rotatable bonds is 5. The molecule has 2 aliphatic rings. The van der Waals surface area contributed by atoms with Crippen molar-refractivity contribution in [2.24, 2.45) is 0 Å². The van der Waals surface area contributed by atoms with E-state index in [0.29, 0.717) is 19.2 Å². The smallest absolute Gasteiger partial charge is 0.236 e. The first kappa shape index (κ1) is 14.8. The number of ether oxygens (including phenoxy) is 1. The van der Waals surface area contributed by atoms with Gasteiger partial charge in [-0.1, -0.05) is 6.92 Å². The fraction of sp³-hybridized carbons (Fsp3) is 0.929. The number of amides is 1. The van der Waals surface area contributed by atoms with Crippen LogP contribution in [-0.4, -0.2) is 73.7 Å². The van der Waals surface area contributed by atoms with Gasteiger partial charge in [0.05, 0.1) is 19.3 Å². The van der Waals surface area contributed by atoms with Gasteiger partial charge in [0.25, 0.3) is 0 Å². The van der Waals surface area contributed by atoms with Gasteiger partial charge in [-0.05, 0) is 32.9 Å². The zero-order valence-electron chi connectivity index (χ0n) is 12.2. The normalized spacial score (nSPS) is 28.1.